The first kappa shape index (κ1) is 18.4. The molecule has 0 aliphatic rings. The number of thiocarbonyl (C=S) groups is 1. The highest BCUT2D eigenvalue weighted by molar-refractivity contribution is 7.80. The number of hydrogen-bond donors (Lipinski definition) is 1. The van der Waals surface area contributed by atoms with E-state index >= 15 is 0 Å². The molecule has 2 rings (SSSR count). The summed E-state index contributed by atoms with van der Waals surface area (Å²) < 4.78 is 0. The number of rotatable bonds is 7. The van der Waals surface area contributed by atoms with Crippen LogP contribution in [0.3, 0.4) is 0 Å². The van der Waals surface area contributed by atoms with E-state index in [1.165, 1.54) is 11.1 Å². The Balaban J connectivity index is 2.04. The van der Waals surface area contributed by atoms with E-state index in [9.17, 15) is 0 Å². The summed E-state index contributed by atoms with van der Waals surface area (Å²) in [7, 11) is 4.17. The Bertz CT molecular complexity index is 623. The highest BCUT2D eigenvalue weighted by Crippen LogP contribution is 2.12. The smallest absolute Gasteiger partial charge is 0.173 e. The number of likely N-dealkylation sites (N-methyl/N-ethyl adjacent to an activating group) is 1. The fourth-order valence-electron chi connectivity index (χ4n) is 2.40. The Hall–Kier alpha value is -1.91. The summed E-state index contributed by atoms with van der Waals surface area (Å²) in [4.78, 5) is 4.40. The van der Waals surface area contributed by atoms with E-state index in [1.807, 2.05) is 6.07 Å². The van der Waals surface area contributed by atoms with E-state index in [4.69, 9.17) is 12.2 Å². The summed E-state index contributed by atoms with van der Waals surface area (Å²) in [5.41, 5.74) is 3.64. The van der Waals surface area contributed by atoms with Crippen LogP contribution in [0.2, 0.25) is 0 Å². The van der Waals surface area contributed by atoms with Gasteiger partial charge in [-0.25, -0.2) is 0 Å². The Morgan fingerprint density at radius 1 is 0.917 bits per heavy atom. The maximum Gasteiger partial charge on any atom is 0.173 e. The van der Waals surface area contributed by atoms with Gasteiger partial charge in [0.2, 0.25) is 0 Å². The van der Waals surface area contributed by atoms with Crippen LogP contribution >= 0.6 is 12.2 Å². The van der Waals surface area contributed by atoms with E-state index in [0.717, 1.165) is 36.9 Å². The molecule has 3 nitrogen and oxygen atoms in total. The predicted octanol–water partition coefficient (Wildman–Crippen LogP) is 4.01. The van der Waals surface area contributed by atoms with Crippen LogP contribution in [0.15, 0.2) is 54.6 Å². The molecule has 1 N–H and O–H groups in total. The van der Waals surface area contributed by atoms with Gasteiger partial charge in [-0.15, -0.1) is 0 Å². The van der Waals surface area contributed by atoms with Gasteiger partial charge in [-0.1, -0.05) is 49.4 Å². The number of benzene rings is 2. The van der Waals surface area contributed by atoms with Gasteiger partial charge >= 0.3 is 0 Å². The monoisotopic (exact) mass is 341 g/mol. The normalized spacial score (nSPS) is 10.7. The fourth-order valence-corrected chi connectivity index (χ4v) is 2.68. The third kappa shape index (κ3) is 5.95. The van der Waals surface area contributed by atoms with Crippen LogP contribution in [-0.4, -0.2) is 42.1 Å². The van der Waals surface area contributed by atoms with Crippen LogP contribution in [0.4, 0.5) is 5.69 Å². The second-order valence-electron chi connectivity index (χ2n) is 6.19. The number of anilines is 1. The molecule has 24 heavy (non-hydrogen) atoms. The van der Waals surface area contributed by atoms with Crippen LogP contribution in [0.5, 0.6) is 0 Å². The molecule has 128 valence electrons. The molecule has 0 aromatic heterocycles. The first-order chi connectivity index (χ1) is 11.6. The third-order valence-electron chi connectivity index (χ3n) is 3.93. The van der Waals surface area contributed by atoms with Crippen molar-refractivity contribution in [2.45, 2.75) is 19.9 Å². The minimum absolute atomic E-state index is 0.768. The quantitative estimate of drug-likeness (QED) is 0.767. The average molecular weight is 342 g/mol. The molecule has 0 spiro atoms. The Kier molecular flexibility index (Phi) is 7.22. The molecule has 0 amide bonds. The molecule has 0 aliphatic heterocycles. The van der Waals surface area contributed by atoms with Gasteiger partial charge in [0.05, 0.1) is 0 Å². The van der Waals surface area contributed by atoms with Crippen molar-refractivity contribution in [1.82, 2.24) is 9.80 Å². The van der Waals surface area contributed by atoms with Crippen molar-refractivity contribution in [3.63, 3.8) is 0 Å². The summed E-state index contributed by atoms with van der Waals surface area (Å²) in [5.74, 6) is 0. The number of nitrogens with one attached hydrogen (secondary N) is 1. The lowest BCUT2D eigenvalue weighted by Crippen LogP contribution is -2.38. The lowest BCUT2D eigenvalue weighted by Gasteiger charge is -2.27. The minimum Gasteiger partial charge on any atom is -0.343 e. The van der Waals surface area contributed by atoms with Gasteiger partial charge < -0.3 is 15.1 Å². The van der Waals surface area contributed by atoms with Gasteiger partial charge in [-0.3, -0.25) is 0 Å². The number of hydrogen-bond acceptors (Lipinski definition) is 2. The zero-order valence-corrected chi connectivity index (χ0v) is 15.6. The van der Waals surface area contributed by atoms with Gasteiger partial charge in [0.1, 0.15) is 0 Å². The first-order valence-corrected chi connectivity index (χ1v) is 8.83. The van der Waals surface area contributed by atoms with Crippen molar-refractivity contribution < 1.29 is 0 Å². The van der Waals surface area contributed by atoms with Gasteiger partial charge in [-0.05, 0) is 56.0 Å². The van der Waals surface area contributed by atoms with Crippen molar-refractivity contribution in [2.75, 3.05) is 32.5 Å². The molecule has 0 radical (unpaired) electrons. The molecule has 4 heteroatoms. The highest BCUT2D eigenvalue weighted by atomic mass is 32.1. The summed E-state index contributed by atoms with van der Waals surface area (Å²) in [5, 5.41) is 4.14. The molecule has 0 unspecified atom stereocenters. The van der Waals surface area contributed by atoms with Crippen molar-refractivity contribution in [1.29, 1.82) is 0 Å². The third-order valence-corrected chi connectivity index (χ3v) is 4.29. The van der Waals surface area contributed by atoms with Crippen LogP contribution in [0, 0.1) is 0 Å². The second-order valence-corrected chi connectivity index (χ2v) is 6.58. The molecular weight excluding hydrogens is 314 g/mol. The summed E-state index contributed by atoms with van der Waals surface area (Å²) in [6.07, 6.45) is 1.05. The molecule has 0 saturated heterocycles. The molecule has 0 fully saturated rings. The largest absolute Gasteiger partial charge is 0.343 e. The standard InChI is InChI=1S/C20H27N3S/c1-4-17-10-12-19(13-11-17)21-20(24)23(15-14-22(2)3)16-18-8-6-5-7-9-18/h5-13H,4,14-16H2,1-3H3,(H,21,24). The van der Waals surface area contributed by atoms with Crippen LogP contribution in [0.25, 0.3) is 0 Å². The van der Waals surface area contributed by atoms with E-state index < -0.39 is 0 Å². The molecule has 0 aliphatic carbocycles. The van der Waals surface area contributed by atoms with Crippen LogP contribution < -0.4 is 5.32 Å². The van der Waals surface area contributed by atoms with Crippen molar-refractivity contribution >= 4 is 23.0 Å². The molecule has 0 saturated carbocycles. The van der Waals surface area contributed by atoms with Crippen molar-refractivity contribution in [2.24, 2.45) is 0 Å². The van der Waals surface area contributed by atoms with Gasteiger partial charge in [-0.2, -0.15) is 0 Å². The van der Waals surface area contributed by atoms with Crippen LogP contribution in [-0.2, 0) is 13.0 Å². The first-order valence-electron chi connectivity index (χ1n) is 8.42. The molecule has 0 heterocycles. The maximum absolute atomic E-state index is 5.67. The summed E-state index contributed by atoms with van der Waals surface area (Å²) >= 11 is 5.67. The fraction of sp³-hybridized carbons (Fsp3) is 0.350. The van der Waals surface area contributed by atoms with Gasteiger partial charge in [0.15, 0.2) is 5.11 Å². The lowest BCUT2D eigenvalue weighted by atomic mass is 10.1. The maximum atomic E-state index is 5.67. The number of nitrogens with zero attached hydrogens (tertiary/aromatic N) is 2. The Labute approximate surface area is 151 Å². The van der Waals surface area contributed by atoms with Gasteiger partial charge in [0, 0.05) is 25.3 Å². The molecule has 0 atom stereocenters. The van der Waals surface area contributed by atoms with E-state index in [1.54, 1.807) is 0 Å². The van der Waals surface area contributed by atoms with Crippen molar-refractivity contribution in [3.05, 3.63) is 65.7 Å². The second kappa shape index (κ2) is 9.40. The zero-order valence-electron chi connectivity index (χ0n) is 14.8. The predicted molar refractivity (Wildman–Crippen MR) is 107 cm³/mol. The molecule has 2 aromatic carbocycles. The summed E-state index contributed by atoms with van der Waals surface area (Å²) in [6, 6.07) is 18.9. The average Bonchev–Trinajstić information content (AvgIpc) is 2.60. The topological polar surface area (TPSA) is 18.5 Å². The van der Waals surface area contributed by atoms with Crippen LogP contribution in [0.1, 0.15) is 18.1 Å². The Morgan fingerprint density at radius 2 is 1.58 bits per heavy atom. The molecular formula is C20H27N3S. The zero-order chi connectivity index (χ0) is 17.4. The minimum atomic E-state index is 0.768. The van der Waals surface area contributed by atoms with E-state index in [-0.39, 0.29) is 0 Å². The number of aryl methyl sites for hydroxylation is 1. The molecule has 2 aromatic rings. The highest BCUT2D eigenvalue weighted by Gasteiger charge is 2.11. The van der Waals surface area contributed by atoms with E-state index in [0.29, 0.717) is 0 Å². The Morgan fingerprint density at radius 3 is 2.17 bits per heavy atom. The summed E-state index contributed by atoms with van der Waals surface area (Å²) in [6.45, 7) is 4.83. The van der Waals surface area contributed by atoms with E-state index in [2.05, 4.69) is 84.7 Å². The molecule has 0 bridgehead atoms. The van der Waals surface area contributed by atoms with Crippen molar-refractivity contribution in [3.8, 4) is 0 Å². The van der Waals surface area contributed by atoms with Gasteiger partial charge in [0.25, 0.3) is 0 Å². The lowest BCUT2D eigenvalue weighted by molar-refractivity contribution is 0.328. The SMILES string of the molecule is CCc1ccc(NC(=S)N(CCN(C)C)Cc2ccccc2)cc1.